The van der Waals surface area contributed by atoms with Crippen molar-refractivity contribution < 1.29 is 13.2 Å². The Bertz CT molecular complexity index is 706. The number of carbonyl (C=O) groups is 1. The summed E-state index contributed by atoms with van der Waals surface area (Å²) in [6.07, 6.45) is 2.88. The standard InChI is InChI=1S/C18H26Cl2N2O3S/c1-3-10-21(11-4-2)18(23)14-8-12-22(13-9-14)26(24,25)17-15(19)6-5-7-16(17)20/h5-7,14H,3-4,8-13H2,1-2H3. The predicted molar refractivity (Wildman–Crippen MR) is 105 cm³/mol. The predicted octanol–water partition coefficient (Wildman–Crippen LogP) is 4.04. The fourth-order valence-corrected chi connectivity index (χ4v) is 5.89. The summed E-state index contributed by atoms with van der Waals surface area (Å²) < 4.78 is 27.2. The maximum Gasteiger partial charge on any atom is 0.246 e. The fourth-order valence-electron chi connectivity index (χ4n) is 3.33. The third-order valence-corrected chi connectivity index (χ3v) is 7.47. The molecule has 0 aromatic heterocycles. The Hall–Kier alpha value is -0.820. The van der Waals surface area contributed by atoms with Gasteiger partial charge in [0.05, 0.1) is 10.0 Å². The van der Waals surface area contributed by atoms with Crippen molar-refractivity contribution in [1.82, 2.24) is 9.21 Å². The van der Waals surface area contributed by atoms with E-state index in [0.717, 1.165) is 25.9 Å². The van der Waals surface area contributed by atoms with Crippen LogP contribution in [0.25, 0.3) is 0 Å². The van der Waals surface area contributed by atoms with Crippen LogP contribution in [0, 0.1) is 5.92 Å². The number of nitrogens with zero attached hydrogens (tertiary/aromatic N) is 2. The summed E-state index contributed by atoms with van der Waals surface area (Å²) >= 11 is 12.1. The van der Waals surface area contributed by atoms with Crippen LogP contribution in [-0.2, 0) is 14.8 Å². The van der Waals surface area contributed by atoms with Crippen LogP contribution < -0.4 is 0 Å². The summed E-state index contributed by atoms with van der Waals surface area (Å²) in [6, 6.07) is 4.65. The highest BCUT2D eigenvalue weighted by Crippen LogP contribution is 2.33. The molecule has 0 spiro atoms. The molecular weight excluding hydrogens is 395 g/mol. The van der Waals surface area contributed by atoms with Gasteiger partial charge in [0.25, 0.3) is 0 Å². The number of halogens is 2. The van der Waals surface area contributed by atoms with E-state index in [1.807, 2.05) is 4.90 Å². The molecule has 26 heavy (non-hydrogen) atoms. The molecule has 0 unspecified atom stereocenters. The van der Waals surface area contributed by atoms with Crippen molar-refractivity contribution in [3.05, 3.63) is 28.2 Å². The van der Waals surface area contributed by atoms with Gasteiger partial charge in [0.2, 0.25) is 15.9 Å². The van der Waals surface area contributed by atoms with E-state index in [1.165, 1.54) is 16.4 Å². The van der Waals surface area contributed by atoms with E-state index in [4.69, 9.17) is 23.2 Å². The molecule has 1 aliphatic heterocycles. The Labute approximate surface area is 166 Å². The van der Waals surface area contributed by atoms with Crippen LogP contribution in [0.4, 0.5) is 0 Å². The van der Waals surface area contributed by atoms with Crippen molar-refractivity contribution in [3.8, 4) is 0 Å². The Morgan fingerprint density at radius 3 is 2.08 bits per heavy atom. The Morgan fingerprint density at radius 2 is 1.62 bits per heavy atom. The third-order valence-electron chi connectivity index (χ3n) is 4.62. The van der Waals surface area contributed by atoms with E-state index in [-0.39, 0.29) is 26.8 Å². The summed E-state index contributed by atoms with van der Waals surface area (Å²) in [5, 5.41) is 0.237. The minimum Gasteiger partial charge on any atom is -0.342 e. The van der Waals surface area contributed by atoms with Gasteiger partial charge in [-0.1, -0.05) is 43.1 Å². The van der Waals surface area contributed by atoms with Gasteiger partial charge in [-0.25, -0.2) is 8.42 Å². The Kier molecular flexibility index (Phi) is 7.76. The lowest BCUT2D eigenvalue weighted by Crippen LogP contribution is -2.44. The monoisotopic (exact) mass is 420 g/mol. The van der Waals surface area contributed by atoms with Gasteiger partial charge in [-0.05, 0) is 37.8 Å². The third kappa shape index (κ3) is 4.71. The molecule has 0 saturated carbocycles. The molecule has 1 amide bonds. The molecule has 0 bridgehead atoms. The van der Waals surface area contributed by atoms with Crippen LogP contribution in [0.2, 0.25) is 10.0 Å². The number of rotatable bonds is 7. The first-order chi connectivity index (χ1) is 12.3. The number of sulfonamides is 1. The first kappa shape index (κ1) is 21.5. The number of piperidine rings is 1. The SMILES string of the molecule is CCCN(CCC)C(=O)C1CCN(S(=O)(=O)c2c(Cl)cccc2Cl)CC1. The normalized spacial score (nSPS) is 16.6. The van der Waals surface area contributed by atoms with Gasteiger partial charge < -0.3 is 4.90 Å². The van der Waals surface area contributed by atoms with Crippen molar-refractivity contribution in [2.24, 2.45) is 5.92 Å². The van der Waals surface area contributed by atoms with Crippen LogP contribution in [0.15, 0.2) is 23.1 Å². The maximum atomic E-state index is 12.9. The molecule has 1 fully saturated rings. The lowest BCUT2D eigenvalue weighted by atomic mass is 9.96. The van der Waals surface area contributed by atoms with Gasteiger partial charge >= 0.3 is 0 Å². The maximum absolute atomic E-state index is 12.9. The molecule has 5 nitrogen and oxygen atoms in total. The van der Waals surface area contributed by atoms with E-state index in [1.54, 1.807) is 6.07 Å². The second kappa shape index (κ2) is 9.40. The minimum atomic E-state index is -3.77. The molecule has 0 atom stereocenters. The first-order valence-electron chi connectivity index (χ1n) is 9.05. The average Bonchev–Trinajstić information content (AvgIpc) is 2.61. The molecule has 0 aliphatic carbocycles. The van der Waals surface area contributed by atoms with Crippen LogP contribution in [0.1, 0.15) is 39.5 Å². The first-order valence-corrected chi connectivity index (χ1v) is 11.3. The Morgan fingerprint density at radius 1 is 1.12 bits per heavy atom. The fraction of sp³-hybridized carbons (Fsp3) is 0.611. The van der Waals surface area contributed by atoms with Crippen molar-refractivity contribution >= 4 is 39.1 Å². The average molecular weight is 421 g/mol. The summed E-state index contributed by atoms with van der Waals surface area (Å²) in [5.74, 6) is 0.0165. The van der Waals surface area contributed by atoms with Gasteiger partial charge in [-0.2, -0.15) is 4.31 Å². The summed E-state index contributed by atoms with van der Waals surface area (Å²) in [4.78, 5) is 14.6. The molecular formula is C18H26Cl2N2O3S. The van der Waals surface area contributed by atoms with E-state index < -0.39 is 10.0 Å². The largest absolute Gasteiger partial charge is 0.342 e. The summed E-state index contributed by atoms with van der Waals surface area (Å²) in [6.45, 7) is 6.20. The zero-order chi connectivity index (χ0) is 19.3. The van der Waals surface area contributed by atoms with Crippen molar-refractivity contribution in [1.29, 1.82) is 0 Å². The highest BCUT2D eigenvalue weighted by Gasteiger charge is 2.35. The molecule has 1 aromatic carbocycles. The molecule has 1 aliphatic rings. The number of hydrogen-bond acceptors (Lipinski definition) is 3. The lowest BCUT2D eigenvalue weighted by Gasteiger charge is -2.33. The van der Waals surface area contributed by atoms with Crippen LogP contribution in [-0.4, -0.2) is 49.7 Å². The number of benzene rings is 1. The lowest BCUT2D eigenvalue weighted by molar-refractivity contribution is -0.136. The van der Waals surface area contributed by atoms with E-state index >= 15 is 0 Å². The van der Waals surface area contributed by atoms with E-state index in [2.05, 4.69) is 13.8 Å². The molecule has 146 valence electrons. The zero-order valence-electron chi connectivity index (χ0n) is 15.2. The van der Waals surface area contributed by atoms with Gasteiger partial charge in [0.15, 0.2) is 0 Å². The number of amides is 1. The smallest absolute Gasteiger partial charge is 0.246 e. The number of hydrogen-bond donors (Lipinski definition) is 0. The van der Waals surface area contributed by atoms with Crippen molar-refractivity contribution in [2.75, 3.05) is 26.2 Å². The Balaban J connectivity index is 2.09. The minimum absolute atomic E-state index is 0.0493. The highest BCUT2D eigenvalue weighted by atomic mass is 35.5. The van der Waals surface area contributed by atoms with Crippen LogP contribution >= 0.6 is 23.2 Å². The van der Waals surface area contributed by atoms with E-state index in [0.29, 0.717) is 25.9 Å². The topological polar surface area (TPSA) is 57.7 Å². The zero-order valence-corrected chi connectivity index (χ0v) is 17.6. The molecule has 1 heterocycles. The summed E-state index contributed by atoms with van der Waals surface area (Å²) in [5.41, 5.74) is 0. The quantitative estimate of drug-likeness (QED) is 0.668. The van der Waals surface area contributed by atoms with Gasteiger partial charge in [-0.3, -0.25) is 4.79 Å². The van der Waals surface area contributed by atoms with Gasteiger partial charge in [0.1, 0.15) is 4.90 Å². The van der Waals surface area contributed by atoms with Crippen molar-refractivity contribution in [3.63, 3.8) is 0 Å². The van der Waals surface area contributed by atoms with E-state index in [9.17, 15) is 13.2 Å². The van der Waals surface area contributed by atoms with Crippen LogP contribution in [0.5, 0.6) is 0 Å². The molecule has 0 N–H and O–H groups in total. The van der Waals surface area contributed by atoms with Gasteiger partial charge in [0, 0.05) is 32.1 Å². The summed E-state index contributed by atoms with van der Waals surface area (Å²) in [7, 11) is -3.77. The molecule has 1 aromatic rings. The second-order valence-corrected chi connectivity index (χ2v) is 9.24. The van der Waals surface area contributed by atoms with Gasteiger partial charge in [-0.15, -0.1) is 0 Å². The molecule has 2 rings (SSSR count). The van der Waals surface area contributed by atoms with Crippen molar-refractivity contribution in [2.45, 2.75) is 44.4 Å². The molecule has 1 saturated heterocycles. The van der Waals surface area contributed by atoms with Crippen LogP contribution in [0.3, 0.4) is 0 Å². The molecule has 0 radical (unpaired) electrons. The molecule has 8 heteroatoms. The second-order valence-electron chi connectivity index (χ2n) is 6.55. The highest BCUT2D eigenvalue weighted by molar-refractivity contribution is 7.89. The number of carbonyl (C=O) groups excluding carboxylic acids is 1.